The molecular weight excluding hydrogens is 262 g/mol. The molecule has 1 aromatic rings. The standard InChI is InChI=1S/C17H31N3O/c1-5-8-18-12-17-14(2)11-16(21-17)13-20-9-6-15(7-10-20)19(3)4/h11,15,18H,5-10,12-13H2,1-4H3. The topological polar surface area (TPSA) is 31.7 Å². The van der Waals surface area contributed by atoms with E-state index < -0.39 is 0 Å². The Labute approximate surface area is 129 Å². The Kier molecular flexibility index (Phi) is 6.27. The fourth-order valence-electron chi connectivity index (χ4n) is 3.04. The van der Waals surface area contributed by atoms with Crippen LogP contribution in [-0.4, -0.2) is 49.6 Å². The summed E-state index contributed by atoms with van der Waals surface area (Å²) in [5.74, 6) is 2.21. The third kappa shape index (κ3) is 4.83. The second-order valence-corrected chi connectivity index (χ2v) is 6.47. The number of aryl methyl sites for hydroxylation is 1. The van der Waals surface area contributed by atoms with Gasteiger partial charge in [0, 0.05) is 19.1 Å². The van der Waals surface area contributed by atoms with E-state index in [-0.39, 0.29) is 0 Å². The van der Waals surface area contributed by atoms with Crippen molar-refractivity contribution in [1.82, 2.24) is 15.1 Å². The van der Waals surface area contributed by atoms with Gasteiger partial charge < -0.3 is 14.6 Å². The summed E-state index contributed by atoms with van der Waals surface area (Å²) >= 11 is 0. The fourth-order valence-corrected chi connectivity index (χ4v) is 3.04. The predicted octanol–water partition coefficient (Wildman–Crippen LogP) is 2.61. The molecule has 0 atom stereocenters. The van der Waals surface area contributed by atoms with Crippen molar-refractivity contribution in [2.24, 2.45) is 0 Å². The van der Waals surface area contributed by atoms with Crippen LogP contribution in [-0.2, 0) is 13.1 Å². The van der Waals surface area contributed by atoms with Gasteiger partial charge in [-0.3, -0.25) is 4.90 Å². The van der Waals surface area contributed by atoms with Crippen LogP contribution >= 0.6 is 0 Å². The summed E-state index contributed by atoms with van der Waals surface area (Å²) in [5, 5.41) is 3.41. The van der Waals surface area contributed by atoms with Crippen molar-refractivity contribution in [2.45, 2.75) is 52.2 Å². The number of furan rings is 1. The monoisotopic (exact) mass is 293 g/mol. The zero-order valence-corrected chi connectivity index (χ0v) is 14.1. The Morgan fingerprint density at radius 1 is 1.33 bits per heavy atom. The first kappa shape index (κ1) is 16.5. The summed E-state index contributed by atoms with van der Waals surface area (Å²) in [4.78, 5) is 4.87. The van der Waals surface area contributed by atoms with Crippen molar-refractivity contribution in [3.05, 3.63) is 23.2 Å². The highest BCUT2D eigenvalue weighted by Gasteiger charge is 2.21. The molecule has 0 radical (unpaired) electrons. The van der Waals surface area contributed by atoms with E-state index in [0.717, 1.165) is 43.6 Å². The lowest BCUT2D eigenvalue weighted by Gasteiger charge is -2.34. The van der Waals surface area contributed by atoms with E-state index in [0.29, 0.717) is 0 Å². The Morgan fingerprint density at radius 3 is 2.67 bits per heavy atom. The number of nitrogens with zero attached hydrogens (tertiary/aromatic N) is 2. The molecule has 0 aliphatic carbocycles. The SMILES string of the molecule is CCCNCc1oc(CN2CCC(N(C)C)CC2)cc1C. The van der Waals surface area contributed by atoms with Crippen LogP contribution in [0, 0.1) is 6.92 Å². The molecule has 0 unspecified atom stereocenters. The maximum absolute atomic E-state index is 6.02. The number of hydrogen-bond donors (Lipinski definition) is 1. The lowest BCUT2D eigenvalue weighted by Crippen LogP contribution is -2.41. The normalized spacial score (nSPS) is 17.8. The molecule has 120 valence electrons. The van der Waals surface area contributed by atoms with Crippen LogP contribution in [0.2, 0.25) is 0 Å². The minimum atomic E-state index is 0.744. The highest BCUT2D eigenvalue weighted by atomic mass is 16.3. The molecule has 0 aromatic carbocycles. The zero-order chi connectivity index (χ0) is 15.2. The molecule has 1 N–H and O–H groups in total. The average molecular weight is 293 g/mol. The third-order valence-corrected chi connectivity index (χ3v) is 4.45. The molecular formula is C17H31N3O. The number of hydrogen-bond acceptors (Lipinski definition) is 4. The summed E-state index contributed by atoms with van der Waals surface area (Å²) in [6.07, 6.45) is 3.68. The van der Waals surface area contributed by atoms with E-state index in [2.05, 4.69) is 49.1 Å². The molecule has 0 amide bonds. The summed E-state index contributed by atoms with van der Waals surface area (Å²) in [6.45, 7) is 9.53. The second-order valence-electron chi connectivity index (χ2n) is 6.47. The first-order valence-corrected chi connectivity index (χ1v) is 8.27. The lowest BCUT2D eigenvalue weighted by molar-refractivity contribution is 0.133. The molecule has 1 aliphatic rings. The molecule has 1 saturated heterocycles. The molecule has 1 aliphatic heterocycles. The van der Waals surface area contributed by atoms with Crippen molar-refractivity contribution in [1.29, 1.82) is 0 Å². The van der Waals surface area contributed by atoms with Crippen LogP contribution < -0.4 is 5.32 Å². The highest BCUT2D eigenvalue weighted by molar-refractivity contribution is 5.20. The van der Waals surface area contributed by atoms with E-state index in [9.17, 15) is 0 Å². The van der Waals surface area contributed by atoms with Gasteiger partial charge in [-0.15, -0.1) is 0 Å². The number of rotatable bonds is 7. The predicted molar refractivity (Wildman–Crippen MR) is 87.4 cm³/mol. The molecule has 21 heavy (non-hydrogen) atoms. The summed E-state index contributed by atoms with van der Waals surface area (Å²) in [6, 6.07) is 2.95. The molecule has 2 heterocycles. The van der Waals surface area contributed by atoms with Gasteiger partial charge in [-0.05, 0) is 58.5 Å². The summed E-state index contributed by atoms with van der Waals surface area (Å²) in [7, 11) is 4.37. The van der Waals surface area contributed by atoms with Gasteiger partial charge >= 0.3 is 0 Å². The Hall–Kier alpha value is -0.840. The van der Waals surface area contributed by atoms with Crippen LogP contribution in [0.1, 0.15) is 43.3 Å². The van der Waals surface area contributed by atoms with Crippen molar-refractivity contribution >= 4 is 0 Å². The maximum Gasteiger partial charge on any atom is 0.120 e. The van der Waals surface area contributed by atoms with Crippen molar-refractivity contribution < 1.29 is 4.42 Å². The molecule has 0 spiro atoms. The maximum atomic E-state index is 6.02. The Balaban J connectivity index is 1.82. The average Bonchev–Trinajstić information content (AvgIpc) is 2.80. The first-order valence-electron chi connectivity index (χ1n) is 8.27. The Morgan fingerprint density at radius 2 is 2.05 bits per heavy atom. The first-order chi connectivity index (χ1) is 10.1. The zero-order valence-electron chi connectivity index (χ0n) is 14.1. The van der Waals surface area contributed by atoms with Crippen LogP contribution in [0.3, 0.4) is 0 Å². The van der Waals surface area contributed by atoms with E-state index in [4.69, 9.17) is 4.42 Å². The van der Waals surface area contributed by atoms with Crippen LogP contribution in [0.15, 0.2) is 10.5 Å². The minimum Gasteiger partial charge on any atom is -0.463 e. The highest BCUT2D eigenvalue weighted by Crippen LogP contribution is 2.20. The van der Waals surface area contributed by atoms with Gasteiger partial charge in [0.2, 0.25) is 0 Å². The van der Waals surface area contributed by atoms with Crippen molar-refractivity contribution in [2.75, 3.05) is 33.7 Å². The molecule has 0 saturated carbocycles. The van der Waals surface area contributed by atoms with E-state index in [1.165, 1.54) is 31.5 Å². The van der Waals surface area contributed by atoms with Gasteiger partial charge in [0.05, 0.1) is 13.1 Å². The number of piperidine rings is 1. The number of likely N-dealkylation sites (tertiary alicyclic amines) is 1. The molecule has 0 bridgehead atoms. The van der Waals surface area contributed by atoms with Gasteiger partial charge in [-0.1, -0.05) is 6.92 Å². The molecule has 2 rings (SSSR count). The smallest absolute Gasteiger partial charge is 0.120 e. The number of nitrogens with one attached hydrogen (secondary N) is 1. The van der Waals surface area contributed by atoms with Gasteiger partial charge in [0.25, 0.3) is 0 Å². The lowest BCUT2D eigenvalue weighted by atomic mass is 10.0. The van der Waals surface area contributed by atoms with Crippen LogP contribution in [0.4, 0.5) is 0 Å². The van der Waals surface area contributed by atoms with E-state index in [1.807, 2.05) is 0 Å². The van der Waals surface area contributed by atoms with Gasteiger partial charge in [0.15, 0.2) is 0 Å². The van der Waals surface area contributed by atoms with E-state index >= 15 is 0 Å². The van der Waals surface area contributed by atoms with Crippen LogP contribution in [0.25, 0.3) is 0 Å². The van der Waals surface area contributed by atoms with Crippen LogP contribution in [0.5, 0.6) is 0 Å². The molecule has 4 nitrogen and oxygen atoms in total. The quantitative estimate of drug-likeness (QED) is 0.783. The van der Waals surface area contributed by atoms with Gasteiger partial charge in [-0.25, -0.2) is 0 Å². The molecule has 1 fully saturated rings. The fraction of sp³-hybridized carbons (Fsp3) is 0.765. The van der Waals surface area contributed by atoms with Crippen molar-refractivity contribution in [3.8, 4) is 0 Å². The summed E-state index contributed by atoms with van der Waals surface area (Å²) < 4.78 is 6.02. The van der Waals surface area contributed by atoms with Gasteiger partial charge in [0.1, 0.15) is 11.5 Å². The third-order valence-electron chi connectivity index (χ3n) is 4.45. The molecule has 1 aromatic heterocycles. The molecule has 4 heteroatoms. The second kappa shape index (κ2) is 7.97. The minimum absolute atomic E-state index is 0.744. The van der Waals surface area contributed by atoms with Crippen molar-refractivity contribution in [3.63, 3.8) is 0 Å². The van der Waals surface area contributed by atoms with Gasteiger partial charge in [-0.2, -0.15) is 0 Å². The van der Waals surface area contributed by atoms with E-state index in [1.54, 1.807) is 0 Å². The largest absolute Gasteiger partial charge is 0.463 e. The summed E-state index contributed by atoms with van der Waals surface area (Å²) in [5.41, 5.74) is 1.27. The Bertz CT molecular complexity index is 420.